The van der Waals surface area contributed by atoms with E-state index in [1.807, 2.05) is 31.2 Å². The fourth-order valence-electron chi connectivity index (χ4n) is 3.01. The normalized spacial score (nSPS) is 18.3. The van der Waals surface area contributed by atoms with Gasteiger partial charge in [-0.3, -0.25) is 9.89 Å². The fourth-order valence-corrected chi connectivity index (χ4v) is 3.01. The molecule has 0 radical (unpaired) electrons. The molecule has 5 nitrogen and oxygen atoms in total. The number of hydrogen-bond acceptors (Lipinski definition) is 3. The van der Waals surface area contributed by atoms with E-state index in [-0.39, 0.29) is 11.8 Å². The van der Waals surface area contributed by atoms with Crippen molar-refractivity contribution in [3.05, 3.63) is 53.6 Å². The fraction of sp³-hybridized carbons (Fsp3) is 0.176. The lowest BCUT2D eigenvalue weighted by molar-refractivity contribution is -0.116. The summed E-state index contributed by atoms with van der Waals surface area (Å²) in [5, 5.41) is 11.0. The van der Waals surface area contributed by atoms with E-state index >= 15 is 0 Å². The molecule has 3 heterocycles. The number of furan rings is 1. The number of nitrogens with zero attached hydrogens (tertiary/aromatic N) is 1. The number of aromatic amines is 1. The first-order valence-corrected chi connectivity index (χ1v) is 7.19. The van der Waals surface area contributed by atoms with Gasteiger partial charge in [0.2, 0.25) is 5.91 Å². The molecule has 2 N–H and O–H groups in total. The molecule has 1 aromatic carbocycles. The van der Waals surface area contributed by atoms with Crippen LogP contribution in [0.3, 0.4) is 0 Å². The Balaban J connectivity index is 1.82. The number of aromatic nitrogens is 2. The van der Waals surface area contributed by atoms with Gasteiger partial charge < -0.3 is 9.73 Å². The van der Waals surface area contributed by atoms with Gasteiger partial charge in [-0.1, -0.05) is 5.57 Å². The van der Waals surface area contributed by atoms with Crippen LogP contribution in [0.2, 0.25) is 0 Å². The van der Waals surface area contributed by atoms with Crippen LogP contribution in [0.1, 0.15) is 30.6 Å². The van der Waals surface area contributed by atoms with Crippen molar-refractivity contribution in [1.82, 2.24) is 10.2 Å². The van der Waals surface area contributed by atoms with E-state index in [1.165, 1.54) is 0 Å². The van der Waals surface area contributed by atoms with Crippen molar-refractivity contribution in [1.29, 1.82) is 0 Å². The molecule has 1 atom stereocenters. The van der Waals surface area contributed by atoms with Crippen LogP contribution in [-0.4, -0.2) is 16.1 Å². The molecular weight excluding hydrogens is 278 g/mol. The van der Waals surface area contributed by atoms with E-state index in [1.54, 1.807) is 12.5 Å². The van der Waals surface area contributed by atoms with E-state index < -0.39 is 0 Å². The smallest absolute Gasteiger partial charge is 0.225 e. The lowest BCUT2D eigenvalue weighted by atomic mass is 9.84. The third-order valence-corrected chi connectivity index (χ3v) is 4.11. The number of carbonyl (C=O) groups is 1. The Labute approximate surface area is 127 Å². The maximum absolute atomic E-state index is 12.0. The summed E-state index contributed by atoms with van der Waals surface area (Å²) < 4.78 is 5.38. The minimum atomic E-state index is 0.0311. The second-order valence-electron chi connectivity index (χ2n) is 5.61. The molecule has 22 heavy (non-hydrogen) atoms. The molecule has 5 heteroatoms. The van der Waals surface area contributed by atoms with Gasteiger partial charge in [0.05, 0.1) is 18.0 Å². The highest BCUT2D eigenvalue weighted by atomic mass is 16.3. The molecule has 0 unspecified atom stereocenters. The minimum Gasteiger partial charge on any atom is -0.465 e. The molecule has 0 saturated heterocycles. The van der Waals surface area contributed by atoms with E-state index in [0.29, 0.717) is 6.42 Å². The molecule has 3 aromatic rings. The van der Waals surface area contributed by atoms with Crippen molar-refractivity contribution >= 4 is 28.6 Å². The van der Waals surface area contributed by atoms with Gasteiger partial charge in [-0.2, -0.15) is 5.10 Å². The summed E-state index contributed by atoms with van der Waals surface area (Å²) >= 11 is 0. The lowest BCUT2D eigenvalue weighted by Crippen LogP contribution is -2.23. The van der Waals surface area contributed by atoms with Gasteiger partial charge in [-0.15, -0.1) is 0 Å². The number of hydrogen-bond donors (Lipinski definition) is 2. The Hall–Kier alpha value is -2.82. The maximum atomic E-state index is 12.0. The molecule has 1 amide bonds. The summed E-state index contributed by atoms with van der Waals surface area (Å²) in [7, 11) is 0. The molecule has 2 aromatic heterocycles. The number of amides is 1. The second kappa shape index (κ2) is 4.87. The average Bonchev–Trinajstić information content (AvgIpc) is 3.15. The highest BCUT2D eigenvalue weighted by molar-refractivity contribution is 5.98. The van der Waals surface area contributed by atoms with Crippen LogP contribution < -0.4 is 5.32 Å². The summed E-state index contributed by atoms with van der Waals surface area (Å²) in [5.41, 5.74) is 4.00. The van der Waals surface area contributed by atoms with E-state index in [4.69, 9.17) is 4.42 Å². The Morgan fingerprint density at radius 1 is 1.45 bits per heavy atom. The monoisotopic (exact) mass is 293 g/mol. The maximum Gasteiger partial charge on any atom is 0.225 e. The number of H-pyrrole nitrogens is 1. The highest BCUT2D eigenvalue weighted by Crippen LogP contribution is 2.39. The van der Waals surface area contributed by atoms with Crippen LogP contribution in [0.5, 0.6) is 0 Å². The van der Waals surface area contributed by atoms with E-state index in [9.17, 15) is 4.79 Å². The van der Waals surface area contributed by atoms with Crippen LogP contribution in [0.25, 0.3) is 17.0 Å². The van der Waals surface area contributed by atoms with Gasteiger partial charge >= 0.3 is 0 Å². The second-order valence-corrected chi connectivity index (χ2v) is 5.61. The molecule has 0 bridgehead atoms. The Morgan fingerprint density at radius 2 is 2.36 bits per heavy atom. The topological polar surface area (TPSA) is 70.9 Å². The van der Waals surface area contributed by atoms with Crippen LogP contribution in [0, 0.1) is 0 Å². The predicted octanol–water partition coefficient (Wildman–Crippen LogP) is 3.69. The third kappa shape index (κ3) is 2.11. The molecule has 0 aliphatic carbocycles. The Kier molecular flexibility index (Phi) is 2.85. The molecule has 0 fully saturated rings. The minimum absolute atomic E-state index is 0.0311. The highest BCUT2D eigenvalue weighted by Gasteiger charge is 2.27. The van der Waals surface area contributed by atoms with Crippen LogP contribution in [0.15, 0.2) is 46.7 Å². The number of benzene rings is 1. The Bertz CT molecular complexity index is 875. The third-order valence-electron chi connectivity index (χ3n) is 4.11. The lowest BCUT2D eigenvalue weighted by Gasteiger charge is -2.26. The molecular formula is C17H15N3O2. The standard InChI is InChI=1S/C17H15N3O2/c1-10(5-12-3-2-4-22-12)13-7-17(21)19-16-8-15-11(6-14(13)16)9-18-20-15/h2-6,8-9,13H,7H2,1H3,(H,18,20)(H,19,21)/b10-5+/t13-/m1/s1. The zero-order chi connectivity index (χ0) is 15.1. The predicted molar refractivity (Wildman–Crippen MR) is 84.4 cm³/mol. The van der Waals surface area contributed by atoms with Gasteiger partial charge in [0.1, 0.15) is 5.76 Å². The largest absolute Gasteiger partial charge is 0.465 e. The van der Waals surface area contributed by atoms with Gasteiger partial charge in [-0.05, 0) is 42.8 Å². The molecule has 110 valence electrons. The molecule has 0 saturated carbocycles. The molecule has 4 rings (SSSR count). The number of anilines is 1. The number of rotatable bonds is 2. The summed E-state index contributed by atoms with van der Waals surface area (Å²) in [6.45, 7) is 2.04. The summed E-state index contributed by atoms with van der Waals surface area (Å²) in [6, 6.07) is 7.81. The number of fused-ring (bicyclic) bond motifs is 2. The van der Waals surface area contributed by atoms with Gasteiger partial charge in [0.25, 0.3) is 0 Å². The van der Waals surface area contributed by atoms with Crippen LogP contribution in [-0.2, 0) is 4.79 Å². The SMILES string of the molecule is C/C(=C\c1ccco1)[C@H]1CC(=O)Nc2cc3[nH]ncc3cc21. The van der Waals surface area contributed by atoms with Crippen molar-refractivity contribution < 1.29 is 9.21 Å². The summed E-state index contributed by atoms with van der Waals surface area (Å²) in [6.07, 6.45) is 5.89. The zero-order valence-electron chi connectivity index (χ0n) is 12.1. The summed E-state index contributed by atoms with van der Waals surface area (Å²) in [5.74, 6) is 0.881. The van der Waals surface area contributed by atoms with Gasteiger partial charge in [0, 0.05) is 23.4 Å². The van der Waals surface area contributed by atoms with Gasteiger partial charge in [0.15, 0.2) is 0 Å². The number of carbonyl (C=O) groups excluding carboxylic acids is 1. The summed E-state index contributed by atoms with van der Waals surface area (Å²) in [4.78, 5) is 12.0. The molecule has 1 aliphatic rings. The average molecular weight is 293 g/mol. The van der Waals surface area contributed by atoms with Crippen molar-refractivity contribution in [2.45, 2.75) is 19.3 Å². The molecule has 0 spiro atoms. The van der Waals surface area contributed by atoms with Crippen LogP contribution >= 0.6 is 0 Å². The van der Waals surface area contributed by atoms with Crippen LogP contribution in [0.4, 0.5) is 5.69 Å². The first kappa shape index (κ1) is 12.9. The number of nitrogens with one attached hydrogen (secondary N) is 2. The zero-order valence-corrected chi connectivity index (χ0v) is 12.1. The van der Waals surface area contributed by atoms with Crippen molar-refractivity contribution in [3.63, 3.8) is 0 Å². The van der Waals surface area contributed by atoms with Gasteiger partial charge in [-0.25, -0.2) is 0 Å². The quantitative estimate of drug-likeness (QED) is 0.757. The van der Waals surface area contributed by atoms with Crippen molar-refractivity contribution in [2.75, 3.05) is 5.32 Å². The van der Waals surface area contributed by atoms with Crippen molar-refractivity contribution in [3.8, 4) is 0 Å². The van der Waals surface area contributed by atoms with Crippen molar-refractivity contribution in [2.24, 2.45) is 0 Å². The first-order chi connectivity index (χ1) is 10.7. The van der Waals surface area contributed by atoms with E-state index in [2.05, 4.69) is 21.6 Å². The Morgan fingerprint density at radius 3 is 3.18 bits per heavy atom. The first-order valence-electron chi connectivity index (χ1n) is 7.19. The van der Waals surface area contributed by atoms with E-state index in [0.717, 1.165) is 33.5 Å². The number of allylic oxidation sites excluding steroid dienone is 1. The molecule has 1 aliphatic heterocycles.